The van der Waals surface area contributed by atoms with Gasteiger partial charge in [-0.3, -0.25) is 0 Å². The first-order chi connectivity index (χ1) is 11.1. The zero-order chi connectivity index (χ0) is 16.4. The molecule has 0 aliphatic rings. The number of ether oxygens (including phenoxy) is 2. The Morgan fingerprint density at radius 3 is 2.26 bits per heavy atom. The molecule has 3 aromatic rings. The lowest BCUT2D eigenvalue weighted by Crippen LogP contribution is -1.91. The molecule has 0 saturated heterocycles. The van der Waals surface area contributed by atoms with Crippen LogP contribution in [0.4, 0.5) is 0 Å². The summed E-state index contributed by atoms with van der Waals surface area (Å²) < 4.78 is 11.6. The van der Waals surface area contributed by atoms with Crippen molar-refractivity contribution < 1.29 is 9.47 Å². The van der Waals surface area contributed by atoms with Gasteiger partial charge in [0.05, 0.1) is 19.9 Å². The quantitative estimate of drug-likeness (QED) is 0.628. The van der Waals surface area contributed by atoms with Gasteiger partial charge in [-0.15, -0.1) is 12.6 Å². The van der Waals surface area contributed by atoms with Crippen molar-refractivity contribution in [2.45, 2.75) is 5.03 Å². The van der Waals surface area contributed by atoms with Crippen LogP contribution in [0.25, 0.3) is 22.6 Å². The predicted octanol–water partition coefficient (Wildman–Crippen LogP) is 4.81. The SMILES string of the molecule is COc1ccc(-c2[nH]c(-c3ccc(Br)cc3)nc2S)cc1OC. The summed E-state index contributed by atoms with van der Waals surface area (Å²) in [5, 5.41) is 0.634. The largest absolute Gasteiger partial charge is 0.493 e. The molecule has 0 aliphatic carbocycles. The van der Waals surface area contributed by atoms with Crippen molar-refractivity contribution in [3.8, 4) is 34.1 Å². The second-order valence-electron chi connectivity index (χ2n) is 4.86. The molecule has 0 aliphatic heterocycles. The van der Waals surface area contributed by atoms with Gasteiger partial charge in [0.1, 0.15) is 10.9 Å². The fraction of sp³-hybridized carbons (Fsp3) is 0.118. The maximum absolute atomic E-state index is 5.35. The Morgan fingerprint density at radius 1 is 0.957 bits per heavy atom. The molecule has 6 heteroatoms. The molecule has 23 heavy (non-hydrogen) atoms. The number of hydrogen-bond acceptors (Lipinski definition) is 4. The lowest BCUT2D eigenvalue weighted by Gasteiger charge is -2.09. The van der Waals surface area contributed by atoms with E-state index in [2.05, 4.69) is 38.5 Å². The average molecular weight is 391 g/mol. The smallest absolute Gasteiger partial charge is 0.161 e. The van der Waals surface area contributed by atoms with Gasteiger partial charge in [0.15, 0.2) is 11.5 Å². The fourth-order valence-electron chi connectivity index (χ4n) is 2.30. The first-order valence-corrected chi connectivity index (χ1v) is 8.13. The summed E-state index contributed by atoms with van der Waals surface area (Å²) in [7, 11) is 3.23. The first-order valence-electron chi connectivity index (χ1n) is 6.89. The summed E-state index contributed by atoms with van der Waals surface area (Å²) in [4.78, 5) is 7.83. The van der Waals surface area contributed by atoms with Crippen LogP contribution in [0.1, 0.15) is 0 Å². The molecule has 2 aromatic carbocycles. The molecule has 0 saturated carbocycles. The highest BCUT2D eigenvalue weighted by Crippen LogP contribution is 2.35. The molecule has 3 rings (SSSR count). The van der Waals surface area contributed by atoms with E-state index in [9.17, 15) is 0 Å². The second-order valence-corrected chi connectivity index (χ2v) is 6.20. The lowest BCUT2D eigenvalue weighted by atomic mass is 10.1. The minimum atomic E-state index is 0.634. The number of H-pyrrole nitrogens is 1. The number of thiol groups is 1. The molecule has 1 heterocycles. The summed E-state index contributed by atoms with van der Waals surface area (Å²) >= 11 is 7.92. The lowest BCUT2D eigenvalue weighted by molar-refractivity contribution is 0.355. The number of halogens is 1. The number of aromatic nitrogens is 2. The van der Waals surface area contributed by atoms with E-state index in [4.69, 9.17) is 9.47 Å². The van der Waals surface area contributed by atoms with E-state index in [-0.39, 0.29) is 0 Å². The number of nitrogens with one attached hydrogen (secondary N) is 1. The van der Waals surface area contributed by atoms with Crippen LogP contribution in [0.15, 0.2) is 52.0 Å². The second kappa shape index (κ2) is 6.68. The average Bonchev–Trinajstić information content (AvgIpc) is 2.96. The van der Waals surface area contributed by atoms with Crippen molar-refractivity contribution in [3.63, 3.8) is 0 Å². The maximum atomic E-state index is 5.35. The van der Waals surface area contributed by atoms with E-state index >= 15 is 0 Å². The van der Waals surface area contributed by atoms with Crippen LogP contribution in [-0.4, -0.2) is 24.2 Å². The predicted molar refractivity (Wildman–Crippen MR) is 97.5 cm³/mol. The van der Waals surface area contributed by atoms with Crippen molar-refractivity contribution in [2.75, 3.05) is 14.2 Å². The number of rotatable bonds is 4. The Balaban J connectivity index is 2.02. The number of aromatic amines is 1. The molecule has 1 N–H and O–H groups in total. The minimum absolute atomic E-state index is 0.634. The molecular formula is C17H15BrN2O2S. The third kappa shape index (κ3) is 3.23. The zero-order valence-electron chi connectivity index (χ0n) is 12.6. The molecule has 0 amide bonds. The monoisotopic (exact) mass is 390 g/mol. The van der Waals surface area contributed by atoms with Gasteiger partial charge >= 0.3 is 0 Å². The number of hydrogen-bond donors (Lipinski definition) is 2. The van der Waals surface area contributed by atoms with E-state index in [0.717, 1.165) is 27.1 Å². The van der Waals surface area contributed by atoms with E-state index in [1.807, 2.05) is 42.5 Å². The van der Waals surface area contributed by atoms with Gasteiger partial charge in [-0.2, -0.15) is 0 Å². The van der Waals surface area contributed by atoms with Gasteiger partial charge in [-0.1, -0.05) is 28.1 Å². The zero-order valence-corrected chi connectivity index (χ0v) is 15.1. The Morgan fingerprint density at radius 2 is 1.61 bits per heavy atom. The molecule has 0 unspecified atom stereocenters. The molecule has 4 nitrogen and oxygen atoms in total. The van der Waals surface area contributed by atoms with Crippen LogP contribution in [0.3, 0.4) is 0 Å². The summed E-state index contributed by atoms with van der Waals surface area (Å²) in [5.74, 6) is 2.12. The Bertz CT molecular complexity index is 831. The van der Waals surface area contributed by atoms with Crippen molar-refractivity contribution in [3.05, 3.63) is 46.9 Å². The summed E-state index contributed by atoms with van der Waals surface area (Å²) in [6, 6.07) is 13.7. The normalized spacial score (nSPS) is 10.6. The van der Waals surface area contributed by atoms with Crippen LogP contribution in [0.2, 0.25) is 0 Å². The van der Waals surface area contributed by atoms with E-state index < -0.39 is 0 Å². The van der Waals surface area contributed by atoms with Gasteiger partial charge in [-0.05, 0) is 30.3 Å². The molecule has 0 atom stereocenters. The fourth-order valence-corrected chi connectivity index (χ4v) is 2.85. The van der Waals surface area contributed by atoms with Crippen molar-refractivity contribution >= 4 is 28.6 Å². The molecular weight excluding hydrogens is 376 g/mol. The van der Waals surface area contributed by atoms with Gasteiger partial charge in [-0.25, -0.2) is 4.98 Å². The van der Waals surface area contributed by atoms with Crippen molar-refractivity contribution in [1.82, 2.24) is 9.97 Å². The van der Waals surface area contributed by atoms with E-state index in [1.165, 1.54) is 0 Å². The van der Waals surface area contributed by atoms with Crippen LogP contribution in [-0.2, 0) is 0 Å². The first kappa shape index (κ1) is 16.0. The molecule has 0 bridgehead atoms. The molecule has 0 radical (unpaired) electrons. The number of imidazole rings is 1. The minimum Gasteiger partial charge on any atom is -0.493 e. The molecule has 0 spiro atoms. The van der Waals surface area contributed by atoms with Gasteiger partial charge in [0.25, 0.3) is 0 Å². The van der Waals surface area contributed by atoms with Gasteiger partial charge < -0.3 is 14.5 Å². The van der Waals surface area contributed by atoms with Crippen LogP contribution >= 0.6 is 28.6 Å². The highest BCUT2D eigenvalue weighted by molar-refractivity contribution is 9.10. The Hall–Kier alpha value is -1.92. The summed E-state index contributed by atoms with van der Waals surface area (Å²) in [6.45, 7) is 0. The number of methoxy groups -OCH3 is 2. The molecule has 118 valence electrons. The van der Waals surface area contributed by atoms with E-state index in [1.54, 1.807) is 14.2 Å². The van der Waals surface area contributed by atoms with E-state index in [0.29, 0.717) is 16.5 Å². The topological polar surface area (TPSA) is 47.1 Å². The third-order valence-corrected chi connectivity index (χ3v) is 4.33. The van der Waals surface area contributed by atoms with Crippen molar-refractivity contribution in [2.24, 2.45) is 0 Å². The summed E-state index contributed by atoms with van der Waals surface area (Å²) in [5.41, 5.74) is 2.77. The Kier molecular flexibility index (Phi) is 4.63. The molecule has 0 fully saturated rings. The van der Waals surface area contributed by atoms with Crippen molar-refractivity contribution in [1.29, 1.82) is 0 Å². The highest BCUT2D eigenvalue weighted by Gasteiger charge is 2.13. The Labute approximate surface area is 148 Å². The molecule has 1 aromatic heterocycles. The number of benzene rings is 2. The maximum Gasteiger partial charge on any atom is 0.161 e. The van der Waals surface area contributed by atoms with Gasteiger partial charge in [0, 0.05) is 15.6 Å². The third-order valence-electron chi connectivity index (χ3n) is 3.47. The highest BCUT2D eigenvalue weighted by atomic mass is 79.9. The number of nitrogens with zero attached hydrogens (tertiary/aromatic N) is 1. The standard InChI is InChI=1S/C17H15BrN2O2S/c1-21-13-8-5-11(9-14(13)22-2)15-17(23)20-16(19-15)10-3-6-12(18)7-4-10/h3-9,23H,1-2H3,(H,19,20). The van der Waals surface area contributed by atoms with Crippen LogP contribution < -0.4 is 9.47 Å². The van der Waals surface area contributed by atoms with Crippen LogP contribution in [0, 0.1) is 0 Å². The summed E-state index contributed by atoms with van der Waals surface area (Å²) in [6.07, 6.45) is 0. The van der Waals surface area contributed by atoms with Crippen LogP contribution in [0.5, 0.6) is 11.5 Å². The van der Waals surface area contributed by atoms with Gasteiger partial charge in [0.2, 0.25) is 0 Å².